The highest BCUT2D eigenvalue weighted by atomic mass is 16.2. The van der Waals surface area contributed by atoms with Crippen LogP contribution in [-0.2, 0) is 4.79 Å². The first-order valence-electron chi connectivity index (χ1n) is 7.70. The van der Waals surface area contributed by atoms with Gasteiger partial charge in [-0.2, -0.15) is 0 Å². The quantitative estimate of drug-likeness (QED) is 0.816. The lowest BCUT2D eigenvalue weighted by atomic mass is 10.0. The minimum Gasteiger partial charge on any atom is -0.326 e. The number of nitrogens with one attached hydrogen (secondary N) is 1. The molecule has 18 heavy (non-hydrogen) atoms. The molecule has 1 saturated heterocycles. The first-order chi connectivity index (χ1) is 8.63. The van der Waals surface area contributed by atoms with E-state index >= 15 is 0 Å². The second-order valence-corrected chi connectivity index (χ2v) is 6.33. The molecule has 2 unspecified atom stereocenters. The van der Waals surface area contributed by atoms with Gasteiger partial charge in [0.1, 0.15) is 0 Å². The summed E-state index contributed by atoms with van der Waals surface area (Å²) in [5.74, 6) is 1.70. The van der Waals surface area contributed by atoms with E-state index in [1.165, 1.54) is 25.7 Å². The maximum Gasteiger partial charge on any atom is 0.241 e. The molecule has 1 aliphatic carbocycles. The predicted molar refractivity (Wildman–Crippen MR) is 74.1 cm³/mol. The monoisotopic (exact) mass is 252 g/mol. The van der Waals surface area contributed by atoms with Gasteiger partial charge in [0.25, 0.3) is 0 Å². The van der Waals surface area contributed by atoms with Crippen molar-refractivity contribution in [3.05, 3.63) is 0 Å². The summed E-state index contributed by atoms with van der Waals surface area (Å²) in [4.78, 5) is 14.5. The fraction of sp³-hybridized carbons (Fsp3) is 0.933. The van der Waals surface area contributed by atoms with Gasteiger partial charge in [0.05, 0.1) is 12.2 Å². The first-order valence-corrected chi connectivity index (χ1v) is 7.70. The van der Waals surface area contributed by atoms with Crippen LogP contribution in [0.4, 0.5) is 0 Å². The van der Waals surface area contributed by atoms with Gasteiger partial charge in [0.2, 0.25) is 5.91 Å². The molecule has 1 saturated carbocycles. The Morgan fingerprint density at radius 2 is 2.00 bits per heavy atom. The van der Waals surface area contributed by atoms with Gasteiger partial charge in [-0.05, 0) is 37.5 Å². The molecule has 3 heteroatoms. The van der Waals surface area contributed by atoms with Crippen molar-refractivity contribution in [1.29, 1.82) is 0 Å². The molecule has 1 aliphatic heterocycles. The van der Waals surface area contributed by atoms with Gasteiger partial charge in [-0.3, -0.25) is 10.1 Å². The van der Waals surface area contributed by atoms with E-state index in [4.69, 9.17) is 0 Å². The van der Waals surface area contributed by atoms with E-state index in [0.29, 0.717) is 23.9 Å². The van der Waals surface area contributed by atoms with Crippen molar-refractivity contribution in [3.63, 3.8) is 0 Å². The topological polar surface area (TPSA) is 32.3 Å². The number of carbonyl (C=O) groups excluding carboxylic acids is 1. The molecule has 2 fully saturated rings. The average molecular weight is 252 g/mol. The summed E-state index contributed by atoms with van der Waals surface area (Å²) in [6, 6.07) is 0.0720. The van der Waals surface area contributed by atoms with Crippen molar-refractivity contribution in [2.45, 2.75) is 71.5 Å². The standard InChI is InChI=1S/C15H28N2O/c1-4-13-15(18)17(10-9-11(2)3)14(16-13)12-7-5-6-8-12/h11-14,16H,4-10H2,1-3H3. The zero-order valence-electron chi connectivity index (χ0n) is 12.1. The average Bonchev–Trinajstić information content (AvgIpc) is 2.94. The van der Waals surface area contributed by atoms with E-state index in [1.54, 1.807) is 0 Å². The van der Waals surface area contributed by atoms with Crippen LogP contribution >= 0.6 is 0 Å². The highest BCUT2D eigenvalue weighted by molar-refractivity contribution is 5.84. The summed E-state index contributed by atoms with van der Waals surface area (Å²) in [5, 5.41) is 3.58. The summed E-state index contributed by atoms with van der Waals surface area (Å²) >= 11 is 0. The molecule has 0 radical (unpaired) electrons. The van der Waals surface area contributed by atoms with E-state index in [2.05, 4.69) is 31.0 Å². The van der Waals surface area contributed by atoms with Crippen molar-refractivity contribution in [2.75, 3.05) is 6.54 Å². The summed E-state index contributed by atoms with van der Waals surface area (Å²) < 4.78 is 0. The van der Waals surface area contributed by atoms with Crippen LogP contribution in [0.25, 0.3) is 0 Å². The molecule has 1 N–H and O–H groups in total. The fourth-order valence-corrected chi connectivity index (χ4v) is 3.31. The lowest BCUT2D eigenvalue weighted by Crippen LogP contribution is -2.43. The highest BCUT2D eigenvalue weighted by Gasteiger charge is 2.41. The largest absolute Gasteiger partial charge is 0.326 e. The third kappa shape index (κ3) is 2.87. The van der Waals surface area contributed by atoms with Crippen molar-refractivity contribution in [3.8, 4) is 0 Å². The summed E-state index contributed by atoms with van der Waals surface area (Å²) in [6.07, 6.45) is 7.62. The molecule has 2 atom stereocenters. The maximum atomic E-state index is 12.4. The smallest absolute Gasteiger partial charge is 0.241 e. The van der Waals surface area contributed by atoms with Crippen molar-refractivity contribution in [2.24, 2.45) is 11.8 Å². The first kappa shape index (κ1) is 13.9. The van der Waals surface area contributed by atoms with Crippen molar-refractivity contribution in [1.82, 2.24) is 10.2 Å². The fourth-order valence-electron chi connectivity index (χ4n) is 3.31. The minimum absolute atomic E-state index is 0.0720. The number of nitrogens with zero attached hydrogens (tertiary/aromatic N) is 1. The van der Waals surface area contributed by atoms with E-state index in [-0.39, 0.29) is 6.04 Å². The van der Waals surface area contributed by atoms with Gasteiger partial charge < -0.3 is 4.90 Å². The Labute approximate surface area is 111 Å². The van der Waals surface area contributed by atoms with Crippen molar-refractivity contribution < 1.29 is 4.79 Å². The Balaban J connectivity index is 2.02. The Morgan fingerprint density at radius 3 is 2.56 bits per heavy atom. The van der Waals surface area contributed by atoms with Gasteiger partial charge in [-0.25, -0.2) is 0 Å². The van der Waals surface area contributed by atoms with Crippen LogP contribution in [0, 0.1) is 11.8 Å². The highest BCUT2D eigenvalue weighted by Crippen LogP contribution is 2.32. The molecule has 0 spiro atoms. The van der Waals surface area contributed by atoms with Crippen LogP contribution in [0.3, 0.4) is 0 Å². The summed E-state index contributed by atoms with van der Waals surface area (Å²) in [5.41, 5.74) is 0. The zero-order chi connectivity index (χ0) is 13.1. The van der Waals surface area contributed by atoms with Crippen molar-refractivity contribution >= 4 is 5.91 Å². The van der Waals surface area contributed by atoms with Gasteiger partial charge in [-0.15, -0.1) is 0 Å². The molecule has 0 aromatic carbocycles. The molecular weight excluding hydrogens is 224 g/mol. The van der Waals surface area contributed by atoms with Crippen LogP contribution in [0.2, 0.25) is 0 Å². The lowest BCUT2D eigenvalue weighted by molar-refractivity contribution is -0.130. The maximum absolute atomic E-state index is 12.4. The molecule has 3 nitrogen and oxygen atoms in total. The molecule has 2 aliphatic rings. The molecule has 104 valence electrons. The minimum atomic E-state index is 0.0720. The predicted octanol–water partition coefficient (Wildman–Crippen LogP) is 2.76. The number of hydrogen-bond acceptors (Lipinski definition) is 2. The van der Waals surface area contributed by atoms with Gasteiger partial charge in [-0.1, -0.05) is 33.6 Å². The Kier molecular flexibility index (Phi) is 4.66. The van der Waals surface area contributed by atoms with Gasteiger partial charge >= 0.3 is 0 Å². The Morgan fingerprint density at radius 1 is 1.33 bits per heavy atom. The normalized spacial score (nSPS) is 29.8. The van der Waals surface area contributed by atoms with E-state index < -0.39 is 0 Å². The zero-order valence-corrected chi connectivity index (χ0v) is 12.1. The molecule has 0 aromatic rings. The molecule has 0 aromatic heterocycles. The lowest BCUT2D eigenvalue weighted by Gasteiger charge is -2.29. The summed E-state index contributed by atoms with van der Waals surface area (Å²) in [7, 11) is 0. The van der Waals surface area contributed by atoms with E-state index in [0.717, 1.165) is 19.4 Å². The summed E-state index contributed by atoms with van der Waals surface area (Å²) in [6.45, 7) is 7.50. The number of carbonyl (C=O) groups is 1. The number of amides is 1. The SMILES string of the molecule is CCC1NC(C2CCCC2)N(CCC(C)C)C1=O. The van der Waals surface area contributed by atoms with Crippen LogP contribution < -0.4 is 5.32 Å². The number of rotatable bonds is 5. The molecule has 1 heterocycles. The van der Waals surface area contributed by atoms with Crippen LogP contribution in [0.5, 0.6) is 0 Å². The van der Waals surface area contributed by atoms with Crippen LogP contribution in [0.15, 0.2) is 0 Å². The second-order valence-electron chi connectivity index (χ2n) is 6.33. The third-order valence-corrected chi connectivity index (χ3v) is 4.49. The van der Waals surface area contributed by atoms with Crippen LogP contribution in [-0.4, -0.2) is 29.6 Å². The molecule has 1 amide bonds. The molecule has 2 rings (SSSR count). The second kappa shape index (κ2) is 6.05. The molecular formula is C15H28N2O. The third-order valence-electron chi connectivity index (χ3n) is 4.49. The number of hydrogen-bond donors (Lipinski definition) is 1. The van der Waals surface area contributed by atoms with E-state index in [9.17, 15) is 4.79 Å². The van der Waals surface area contributed by atoms with Gasteiger partial charge in [0.15, 0.2) is 0 Å². The molecule has 0 bridgehead atoms. The van der Waals surface area contributed by atoms with Gasteiger partial charge in [0, 0.05) is 6.54 Å². The van der Waals surface area contributed by atoms with Crippen LogP contribution in [0.1, 0.15) is 59.3 Å². The van der Waals surface area contributed by atoms with E-state index in [1.807, 2.05) is 0 Å². The Hall–Kier alpha value is -0.570. The Bertz CT molecular complexity index is 284.